The number of hydrogen-bond acceptors (Lipinski definition) is 8. The van der Waals surface area contributed by atoms with Crippen LogP contribution in [0.25, 0.3) is 11.0 Å². The van der Waals surface area contributed by atoms with Crippen molar-refractivity contribution < 1.29 is 18.3 Å². The molecule has 3 aromatic rings. The number of nitrogens with zero attached hydrogens (tertiary/aromatic N) is 5. The van der Waals surface area contributed by atoms with Crippen LogP contribution in [0.4, 0.5) is 20.4 Å². The van der Waals surface area contributed by atoms with Crippen molar-refractivity contribution >= 4 is 51.8 Å². The van der Waals surface area contributed by atoms with Crippen molar-refractivity contribution in [3.05, 3.63) is 50.1 Å². The van der Waals surface area contributed by atoms with Gasteiger partial charge in [0.1, 0.15) is 15.8 Å². The fourth-order valence-electron chi connectivity index (χ4n) is 3.98. The Kier molecular flexibility index (Phi) is 6.83. The number of piperidine rings is 1. The summed E-state index contributed by atoms with van der Waals surface area (Å²) in [6, 6.07) is 4.12. The predicted molar refractivity (Wildman–Crippen MR) is 129 cm³/mol. The summed E-state index contributed by atoms with van der Waals surface area (Å²) >= 11 is 12.2. The smallest absolute Gasteiger partial charge is 0.358 e. The Hall–Kier alpha value is -3.05. The SMILES string of the molecule is COC(=O)c1nc(Cl)ccc1N[C@H](C)c1cc(Cl)nc2c(=O)n(C)c(N3CCC(F)(F)CC3)nc12. The molecular weight excluding hydrogens is 505 g/mol. The lowest BCUT2D eigenvalue weighted by molar-refractivity contribution is -0.0223. The summed E-state index contributed by atoms with van der Waals surface area (Å²) in [5, 5.41) is 3.35. The van der Waals surface area contributed by atoms with Crippen molar-refractivity contribution in [1.82, 2.24) is 19.5 Å². The van der Waals surface area contributed by atoms with E-state index in [1.165, 1.54) is 24.8 Å². The zero-order chi connectivity index (χ0) is 25.5. The molecule has 9 nitrogen and oxygen atoms in total. The molecule has 0 spiro atoms. The second-order valence-corrected chi connectivity index (χ2v) is 9.01. The predicted octanol–water partition coefficient (Wildman–Crippen LogP) is 4.23. The van der Waals surface area contributed by atoms with Gasteiger partial charge in [-0.15, -0.1) is 0 Å². The summed E-state index contributed by atoms with van der Waals surface area (Å²) in [6.07, 6.45) is -0.658. The van der Waals surface area contributed by atoms with Crippen LogP contribution in [0.15, 0.2) is 23.0 Å². The van der Waals surface area contributed by atoms with Crippen LogP contribution in [0.1, 0.15) is 41.9 Å². The molecule has 0 bridgehead atoms. The van der Waals surface area contributed by atoms with Gasteiger partial charge in [0.15, 0.2) is 11.2 Å². The van der Waals surface area contributed by atoms with Crippen LogP contribution in [0.2, 0.25) is 10.3 Å². The largest absolute Gasteiger partial charge is 0.464 e. The third-order valence-electron chi connectivity index (χ3n) is 5.87. The highest BCUT2D eigenvalue weighted by Crippen LogP contribution is 2.32. The average molecular weight is 527 g/mol. The van der Waals surface area contributed by atoms with Crippen molar-refractivity contribution in [2.24, 2.45) is 7.05 Å². The number of carbonyl (C=O) groups is 1. The number of fused-ring (bicyclic) bond motifs is 1. The molecule has 0 aromatic carbocycles. The lowest BCUT2D eigenvalue weighted by atomic mass is 10.1. The highest BCUT2D eigenvalue weighted by atomic mass is 35.5. The van der Waals surface area contributed by atoms with Crippen LogP contribution in [-0.2, 0) is 11.8 Å². The first-order chi connectivity index (χ1) is 16.5. The first-order valence-electron chi connectivity index (χ1n) is 10.7. The van der Waals surface area contributed by atoms with Crippen molar-refractivity contribution in [2.45, 2.75) is 31.7 Å². The second-order valence-electron chi connectivity index (χ2n) is 8.24. The van der Waals surface area contributed by atoms with Crippen molar-refractivity contribution in [3.8, 4) is 0 Å². The van der Waals surface area contributed by atoms with Gasteiger partial charge in [0.25, 0.3) is 11.5 Å². The van der Waals surface area contributed by atoms with E-state index in [-0.39, 0.29) is 58.9 Å². The number of alkyl halides is 2. The van der Waals surface area contributed by atoms with E-state index >= 15 is 0 Å². The molecule has 0 aliphatic carbocycles. The quantitative estimate of drug-likeness (QED) is 0.389. The van der Waals surface area contributed by atoms with Crippen LogP contribution in [0.5, 0.6) is 0 Å². The zero-order valence-electron chi connectivity index (χ0n) is 19.1. The first kappa shape index (κ1) is 25.1. The first-order valence-corrected chi connectivity index (χ1v) is 11.5. The fraction of sp³-hybridized carbons (Fsp3) is 0.409. The third kappa shape index (κ3) is 5.01. The summed E-state index contributed by atoms with van der Waals surface area (Å²) in [5.74, 6) is -3.16. The van der Waals surface area contributed by atoms with Crippen LogP contribution < -0.4 is 15.8 Å². The van der Waals surface area contributed by atoms with E-state index in [0.717, 1.165) is 0 Å². The number of hydrogen-bond donors (Lipinski definition) is 1. The molecule has 0 radical (unpaired) electrons. The van der Waals surface area contributed by atoms with Gasteiger partial charge in [-0.1, -0.05) is 23.2 Å². The molecule has 1 aliphatic rings. The lowest BCUT2D eigenvalue weighted by Gasteiger charge is -2.33. The van der Waals surface area contributed by atoms with Crippen molar-refractivity contribution in [2.75, 3.05) is 30.4 Å². The molecule has 4 heterocycles. The Morgan fingerprint density at radius 2 is 1.83 bits per heavy atom. The molecule has 0 saturated carbocycles. The number of aromatic nitrogens is 4. The molecule has 35 heavy (non-hydrogen) atoms. The van der Waals surface area contributed by atoms with Gasteiger partial charge in [0.05, 0.1) is 18.8 Å². The minimum absolute atomic E-state index is 0.0184. The van der Waals surface area contributed by atoms with Crippen LogP contribution in [-0.4, -0.2) is 51.6 Å². The number of anilines is 2. The van der Waals surface area contributed by atoms with E-state index in [4.69, 9.17) is 27.9 Å². The van der Waals surface area contributed by atoms with Gasteiger partial charge < -0.3 is 15.0 Å². The Bertz CT molecular complexity index is 1360. The normalized spacial score (nSPS) is 16.3. The Balaban J connectivity index is 1.79. The molecule has 1 atom stereocenters. The minimum atomic E-state index is -2.74. The van der Waals surface area contributed by atoms with Gasteiger partial charge in [-0.3, -0.25) is 9.36 Å². The van der Waals surface area contributed by atoms with Gasteiger partial charge >= 0.3 is 5.97 Å². The minimum Gasteiger partial charge on any atom is -0.464 e. The van der Waals surface area contributed by atoms with E-state index in [9.17, 15) is 18.4 Å². The monoisotopic (exact) mass is 526 g/mol. The Morgan fingerprint density at radius 3 is 2.49 bits per heavy atom. The van der Waals surface area contributed by atoms with Crippen molar-refractivity contribution in [3.63, 3.8) is 0 Å². The zero-order valence-corrected chi connectivity index (χ0v) is 20.6. The van der Waals surface area contributed by atoms with E-state index in [0.29, 0.717) is 11.3 Å². The van der Waals surface area contributed by atoms with Crippen LogP contribution >= 0.6 is 23.2 Å². The molecule has 0 amide bonds. The highest BCUT2D eigenvalue weighted by molar-refractivity contribution is 6.30. The van der Waals surface area contributed by atoms with Gasteiger partial charge in [0.2, 0.25) is 5.95 Å². The number of esters is 1. The lowest BCUT2D eigenvalue weighted by Crippen LogP contribution is -2.42. The van der Waals surface area contributed by atoms with Crippen molar-refractivity contribution in [1.29, 1.82) is 0 Å². The van der Waals surface area contributed by atoms with Gasteiger partial charge in [-0.2, -0.15) is 0 Å². The Labute approximate surface area is 209 Å². The summed E-state index contributed by atoms with van der Waals surface area (Å²) in [4.78, 5) is 39.8. The van der Waals surface area contributed by atoms with E-state index in [1.807, 2.05) is 0 Å². The summed E-state index contributed by atoms with van der Waals surface area (Å²) in [7, 11) is 2.74. The summed E-state index contributed by atoms with van der Waals surface area (Å²) in [6.45, 7) is 1.89. The van der Waals surface area contributed by atoms with E-state index in [1.54, 1.807) is 24.0 Å². The number of ether oxygens (including phenoxy) is 1. The number of methoxy groups -OCH3 is 1. The number of nitrogens with one attached hydrogen (secondary N) is 1. The second kappa shape index (κ2) is 9.54. The molecule has 13 heteroatoms. The standard InChI is InChI=1S/C22H22Cl2F2N6O3/c1-11(27-13-4-5-14(23)28-17(13)20(34)35-3)12-10-15(24)29-18-16(12)30-21(31(2)19(18)33)32-8-6-22(25,26)7-9-32/h4-5,10-11,27H,6-9H2,1-3H3/t11-/m1/s1. The summed E-state index contributed by atoms with van der Waals surface area (Å²) in [5.41, 5.74) is 0.699. The maximum absolute atomic E-state index is 13.7. The van der Waals surface area contributed by atoms with Crippen LogP contribution in [0, 0.1) is 0 Å². The van der Waals surface area contributed by atoms with Gasteiger partial charge in [-0.25, -0.2) is 28.5 Å². The van der Waals surface area contributed by atoms with Crippen LogP contribution in [0.3, 0.4) is 0 Å². The number of rotatable bonds is 5. The average Bonchev–Trinajstić information content (AvgIpc) is 2.82. The van der Waals surface area contributed by atoms with Gasteiger partial charge in [-0.05, 0) is 25.1 Å². The summed E-state index contributed by atoms with van der Waals surface area (Å²) < 4.78 is 33.5. The topological polar surface area (TPSA) is 102 Å². The molecule has 1 saturated heterocycles. The molecule has 1 fully saturated rings. The highest BCUT2D eigenvalue weighted by Gasteiger charge is 2.35. The molecule has 4 rings (SSSR count). The molecule has 3 aromatic heterocycles. The molecule has 1 N–H and O–H groups in total. The van der Waals surface area contributed by atoms with E-state index in [2.05, 4.69) is 20.3 Å². The maximum Gasteiger partial charge on any atom is 0.358 e. The maximum atomic E-state index is 13.7. The fourth-order valence-corrected chi connectivity index (χ4v) is 4.33. The number of carbonyl (C=O) groups excluding carboxylic acids is 1. The number of halogens is 4. The Morgan fingerprint density at radius 1 is 1.14 bits per heavy atom. The molecule has 0 unspecified atom stereocenters. The number of pyridine rings is 2. The molecule has 186 valence electrons. The van der Waals surface area contributed by atoms with E-state index < -0.39 is 23.5 Å². The van der Waals surface area contributed by atoms with Gasteiger partial charge in [0, 0.05) is 38.5 Å². The third-order valence-corrected chi connectivity index (χ3v) is 6.27. The molecular formula is C22H22Cl2F2N6O3. The molecule has 1 aliphatic heterocycles.